The first kappa shape index (κ1) is 56.1. The Hall–Kier alpha value is -5.23. The molecule has 1 aromatic rings. The topological polar surface area (TPSA) is 212 Å². The van der Waals surface area contributed by atoms with Crippen molar-refractivity contribution in [3.05, 3.63) is 47.8 Å². The number of hydrogen-bond acceptors (Lipinski definition) is 10. The zero-order chi connectivity index (χ0) is 50.3. The Balaban J connectivity index is 1.72. The summed E-state index contributed by atoms with van der Waals surface area (Å²) in [4.78, 5) is 111. The van der Waals surface area contributed by atoms with E-state index in [0.717, 1.165) is 4.90 Å². The number of unbranched alkanes of at least 4 members (excludes halogenated alkanes) is 2. The molecule has 6 unspecified atom stereocenters. The van der Waals surface area contributed by atoms with Crippen LogP contribution in [0.5, 0.6) is 0 Å². The van der Waals surface area contributed by atoms with Gasteiger partial charge in [-0.1, -0.05) is 79.5 Å². The Kier molecular flexibility index (Phi) is 22.1. The van der Waals surface area contributed by atoms with E-state index in [4.69, 9.17) is 9.47 Å². The number of nitrogens with zero attached hydrogens (tertiary/aromatic N) is 4. The molecule has 374 valence electrons. The van der Waals surface area contributed by atoms with E-state index in [1.807, 2.05) is 41.5 Å². The largest absolute Gasteiger partial charge is 0.480 e. The van der Waals surface area contributed by atoms with Crippen molar-refractivity contribution in [1.29, 1.82) is 0 Å². The number of carboxylic acid groups (broad SMARTS) is 1. The van der Waals surface area contributed by atoms with Gasteiger partial charge in [0.15, 0.2) is 0 Å². The van der Waals surface area contributed by atoms with Crippen LogP contribution < -0.4 is 10.6 Å². The number of amides is 7. The molecular formula is C49H75FN6O11. The maximum Gasteiger partial charge on any atom is 0.326 e. The summed E-state index contributed by atoms with van der Waals surface area (Å²) < 4.78 is 26.3. The zero-order valence-corrected chi connectivity index (χ0v) is 41.3. The highest BCUT2D eigenvalue weighted by atomic mass is 19.1. The van der Waals surface area contributed by atoms with Gasteiger partial charge in [-0.25, -0.2) is 9.18 Å². The van der Waals surface area contributed by atoms with Gasteiger partial charge in [0.05, 0.1) is 36.6 Å². The second-order valence-electron chi connectivity index (χ2n) is 18.7. The van der Waals surface area contributed by atoms with Gasteiger partial charge in [0.2, 0.25) is 29.5 Å². The molecular weight excluding hydrogens is 868 g/mol. The molecule has 67 heavy (non-hydrogen) atoms. The number of ether oxygens (including phenoxy) is 2. The lowest BCUT2D eigenvalue weighted by atomic mass is 9.89. The van der Waals surface area contributed by atoms with Crippen LogP contribution in [0, 0.1) is 29.5 Å². The van der Waals surface area contributed by atoms with E-state index in [1.165, 1.54) is 49.5 Å². The summed E-state index contributed by atoms with van der Waals surface area (Å²) in [7, 11) is 6.11. The van der Waals surface area contributed by atoms with Crippen LogP contribution in [0.2, 0.25) is 0 Å². The number of halogens is 1. The van der Waals surface area contributed by atoms with Crippen LogP contribution in [0.4, 0.5) is 4.39 Å². The maximum atomic E-state index is 14.6. The Morgan fingerprint density at radius 1 is 0.866 bits per heavy atom. The number of rotatable bonds is 27. The lowest BCUT2D eigenvalue weighted by molar-refractivity contribution is -0.149. The molecule has 1 fully saturated rings. The summed E-state index contributed by atoms with van der Waals surface area (Å²) in [5.74, 6) is -6.36. The SMILES string of the molecule is CCC(C)C(C(CC(=O)N1CCC[C@H]1C(OC)[C@@H](C)C(=O)NC(Cc1ccccc1F)C(=O)O)OC)N(C)C(=O)[C@@H](NC(=O)C(C(C)C)N(C)C(=O)CCCCCN1C(=O)C=CC1=O)C(C)C. The molecule has 0 saturated carbocycles. The predicted molar refractivity (Wildman–Crippen MR) is 248 cm³/mol. The summed E-state index contributed by atoms with van der Waals surface area (Å²) >= 11 is 0. The molecule has 0 bridgehead atoms. The molecule has 18 heteroatoms. The van der Waals surface area contributed by atoms with Gasteiger partial charge < -0.3 is 39.9 Å². The smallest absolute Gasteiger partial charge is 0.326 e. The molecule has 2 aliphatic rings. The monoisotopic (exact) mass is 943 g/mol. The van der Waals surface area contributed by atoms with Crippen molar-refractivity contribution in [3.8, 4) is 0 Å². The van der Waals surface area contributed by atoms with Gasteiger partial charge in [-0.3, -0.25) is 38.5 Å². The Morgan fingerprint density at radius 2 is 1.51 bits per heavy atom. The number of hydrogen-bond donors (Lipinski definition) is 3. The number of imide groups is 1. The van der Waals surface area contributed by atoms with Crippen molar-refractivity contribution in [2.45, 2.75) is 149 Å². The molecule has 0 aliphatic carbocycles. The van der Waals surface area contributed by atoms with Crippen LogP contribution in [0.25, 0.3) is 0 Å². The minimum absolute atomic E-state index is 0.118. The minimum Gasteiger partial charge on any atom is -0.480 e. The number of likely N-dealkylation sites (N-methyl/N-ethyl adjacent to an activating group) is 2. The molecule has 0 spiro atoms. The normalized spacial score (nSPS) is 18.6. The molecule has 7 amide bonds. The first-order valence-electron chi connectivity index (χ1n) is 23.6. The molecule has 0 radical (unpaired) electrons. The van der Waals surface area contributed by atoms with E-state index < -0.39 is 77.8 Å². The first-order valence-corrected chi connectivity index (χ1v) is 23.6. The summed E-state index contributed by atoms with van der Waals surface area (Å²) in [6.45, 7) is 13.4. The lowest BCUT2D eigenvalue weighted by Crippen LogP contribution is -2.60. The van der Waals surface area contributed by atoms with Crippen LogP contribution in [0.15, 0.2) is 36.4 Å². The van der Waals surface area contributed by atoms with E-state index in [9.17, 15) is 47.9 Å². The molecule has 1 aromatic carbocycles. The molecule has 9 atom stereocenters. The number of nitrogens with one attached hydrogen (secondary N) is 2. The first-order chi connectivity index (χ1) is 31.6. The number of carbonyl (C=O) groups excluding carboxylic acids is 7. The van der Waals surface area contributed by atoms with Crippen molar-refractivity contribution in [2.24, 2.45) is 23.7 Å². The highest BCUT2D eigenvalue weighted by Crippen LogP contribution is 2.30. The maximum absolute atomic E-state index is 14.6. The van der Waals surface area contributed by atoms with Gasteiger partial charge >= 0.3 is 5.97 Å². The quantitative estimate of drug-likeness (QED) is 0.0849. The summed E-state index contributed by atoms with van der Waals surface area (Å²) in [5.41, 5.74) is 0.142. The number of methoxy groups -OCH3 is 2. The van der Waals surface area contributed by atoms with Crippen LogP contribution in [0.1, 0.15) is 105 Å². The number of aliphatic carboxylic acids is 1. The molecule has 3 rings (SSSR count). The highest BCUT2D eigenvalue weighted by molar-refractivity contribution is 6.12. The van der Waals surface area contributed by atoms with Crippen molar-refractivity contribution >= 4 is 47.3 Å². The van der Waals surface area contributed by atoms with Crippen molar-refractivity contribution in [1.82, 2.24) is 30.2 Å². The fourth-order valence-corrected chi connectivity index (χ4v) is 9.30. The third kappa shape index (κ3) is 14.9. The average molecular weight is 943 g/mol. The van der Waals surface area contributed by atoms with Crippen molar-refractivity contribution < 1.29 is 57.3 Å². The third-order valence-corrected chi connectivity index (χ3v) is 13.4. The second kappa shape index (κ2) is 26.3. The van der Waals surface area contributed by atoms with Gasteiger partial charge in [-0.15, -0.1) is 0 Å². The average Bonchev–Trinajstić information content (AvgIpc) is 3.90. The number of likely N-dealkylation sites (tertiary alicyclic amines) is 1. The number of carbonyl (C=O) groups is 8. The Morgan fingerprint density at radius 3 is 2.06 bits per heavy atom. The van der Waals surface area contributed by atoms with E-state index in [0.29, 0.717) is 45.1 Å². The minimum atomic E-state index is -1.41. The van der Waals surface area contributed by atoms with E-state index in [1.54, 1.807) is 36.9 Å². The fourth-order valence-electron chi connectivity index (χ4n) is 9.30. The molecule has 0 aromatic heterocycles. The van der Waals surface area contributed by atoms with E-state index in [2.05, 4.69) is 10.6 Å². The van der Waals surface area contributed by atoms with Gasteiger partial charge in [0.25, 0.3) is 11.8 Å². The molecule has 1 saturated heterocycles. The Labute approximate surface area is 395 Å². The predicted octanol–water partition coefficient (Wildman–Crippen LogP) is 3.97. The third-order valence-electron chi connectivity index (χ3n) is 13.4. The molecule has 3 N–H and O–H groups in total. The summed E-state index contributed by atoms with van der Waals surface area (Å²) in [6.07, 6.45) is 4.04. The van der Waals surface area contributed by atoms with Crippen LogP contribution in [-0.4, -0.2) is 156 Å². The number of carboxylic acids is 1. The van der Waals surface area contributed by atoms with Gasteiger partial charge in [0.1, 0.15) is 23.9 Å². The fraction of sp³-hybridized carbons (Fsp3) is 0.673. The molecule has 17 nitrogen and oxygen atoms in total. The Bertz CT molecular complexity index is 1910. The van der Waals surface area contributed by atoms with Crippen LogP contribution in [-0.2, 0) is 54.3 Å². The summed E-state index contributed by atoms with van der Waals surface area (Å²) in [5, 5.41) is 15.4. The zero-order valence-electron chi connectivity index (χ0n) is 41.3. The second-order valence-corrected chi connectivity index (χ2v) is 18.7. The van der Waals surface area contributed by atoms with Gasteiger partial charge in [-0.05, 0) is 55.1 Å². The molecule has 2 aliphatic heterocycles. The van der Waals surface area contributed by atoms with Gasteiger partial charge in [-0.2, -0.15) is 0 Å². The van der Waals surface area contributed by atoms with E-state index in [-0.39, 0.29) is 72.8 Å². The van der Waals surface area contributed by atoms with Crippen molar-refractivity contribution in [3.63, 3.8) is 0 Å². The standard InChI is InChI=1S/C49H75FN6O11/c1-12-31(6)44(54(9)48(63)42(29(2)3)52-47(62)43(30(4)5)53(8)38(57)22-14-13-17-25-56-39(58)23-24-40(56)59)37(66-10)28-41(60)55-26-18-21-36(55)45(67-11)32(7)46(61)51-35(49(64)65)27-33-19-15-16-20-34(33)50/h15-16,19-20,23-24,29-32,35-37,42-45H,12-14,17-18,21-22,25-28H2,1-11H3,(H,51,61)(H,52,62)(H,64,65)/t31?,32-,35?,36+,37?,42+,43?,44?,45?/m1/s1. The summed E-state index contributed by atoms with van der Waals surface area (Å²) in [6, 6.07) is 1.32. The van der Waals surface area contributed by atoms with Crippen LogP contribution in [0.3, 0.4) is 0 Å². The van der Waals surface area contributed by atoms with Gasteiger partial charge in [0, 0.05) is 66.4 Å². The van der Waals surface area contributed by atoms with Crippen LogP contribution >= 0.6 is 0 Å². The highest BCUT2D eigenvalue weighted by Gasteiger charge is 2.44. The van der Waals surface area contributed by atoms with Crippen molar-refractivity contribution in [2.75, 3.05) is 41.4 Å². The van der Waals surface area contributed by atoms with E-state index >= 15 is 0 Å². The number of benzene rings is 1. The molecule has 2 heterocycles. The lowest BCUT2D eigenvalue weighted by Gasteiger charge is -2.41.